The van der Waals surface area contributed by atoms with Crippen molar-refractivity contribution in [1.29, 1.82) is 0 Å². The molecule has 0 saturated heterocycles. The second kappa shape index (κ2) is 6.02. The number of halogens is 2. The molecule has 6 heteroatoms. The molecule has 1 aromatic carbocycles. The van der Waals surface area contributed by atoms with E-state index in [-0.39, 0.29) is 16.6 Å². The van der Waals surface area contributed by atoms with Gasteiger partial charge in [-0.3, -0.25) is 4.79 Å². The molecule has 0 aromatic heterocycles. The van der Waals surface area contributed by atoms with Crippen molar-refractivity contribution in [3.8, 4) is 0 Å². The number of carboxylic acids is 1. The Morgan fingerprint density at radius 3 is 2.37 bits per heavy atom. The van der Waals surface area contributed by atoms with Crippen LogP contribution in [0.2, 0.25) is 5.02 Å². The van der Waals surface area contributed by atoms with E-state index in [0.29, 0.717) is 0 Å². The van der Waals surface area contributed by atoms with E-state index in [0.717, 1.165) is 11.0 Å². The van der Waals surface area contributed by atoms with Crippen molar-refractivity contribution in [2.75, 3.05) is 0 Å². The third kappa shape index (κ3) is 3.44. The van der Waals surface area contributed by atoms with Crippen LogP contribution in [0.15, 0.2) is 18.2 Å². The van der Waals surface area contributed by atoms with E-state index < -0.39 is 23.7 Å². The lowest BCUT2D eigenvalue weighted by Crippen LogP contribution is -2.42. The van der Waals surface area contributed by atoms with Crippen molar-refractivity contribution in [2.45, 2.75) is 32.9 Å². The second-order valence-corrected chi connectivity index (χ2v) is 4.86. The molecule has 0 spiro atoms. The van der Waals surface area contributed by atoms with Gasteiger partial charge in [0.2, 0.25) is 5.91 Å². The highest BCUT2D eigenvalue weighted by molar-refractivity contribution is 6.30. The van der Waals surface area contributed by atoms with E-state index in [1.165, 1.54) is 19.1 Å². The fourth-order valence-electron chi connectivity index (χ4n) is 1.97. The van der Waals surface area contributed by atoms with Gasteiger partial charge in [-0.15, -0.1) is 0 Å². The molecule has 1 N–H and O–H groups in total. The van der Waals surface area contributed by atoms with E-state index in [1.807, 2.05) is 0 Å². The maximum absolute atomic E-state index is 13.8. The summed E-state index contributed by atoms with van der Waals surface area (Å²) in [5.74, 6) is -2.45. The van der Waals surface area contributed by atoms with Gasteiger partial charge in [0.05, 0.1) is 0 Å². The molecule has 1 aromatic rings. The van der Waals surface area contributed by atoms with Crippen LogP contribution in [0.1, 0.15) is 32.4 Å². The molecule has 0 aliphatic carbocycles. The quantitative estimate of drug-likeness (QED) is 0.926. The van der Waals surface area contributed by atoms with Crippen molar-refractivity contribution >= 4 is 23.5 Å². The highest BCUT2D eigenvalue weighted by Gasteiger charge is 2.33. The van der Waals surface area contributed by atoms with Crippen LogP contribution in [0.5, 0.6) is 0 Å². The van der Waals surface area contributed by atoms with Crippen molar-refractivity contribution < 1.29 is 19.1 Å². The van der Waals surface area contributed by atoms with Gasteiger partial charge in [0, 0.05) is 23.6 Å². The van der Waals surface area contributed by atoms with Crippen molar-refractivity contribution in [3.05, 3.63) is 34.6 Å². The number of carboxylic acid groups (broad SMARTS) is 1. The van der Waals surface area contributed by atoms with Gasteiger partial charge in [0.15, 0.2) is 6.04 Å². The molecule has 0 aliphatic rings. The van der Waals surface area contributed by atoms with E-state index in [1.54, 1.807) is 13.8 Å². The van der Waals surface area contributed by atoms with Gasteiger partial charge in [-0.05, 0) is 32.0 Å². The summed E-state index contributed by atoms with van der Waals surface area (Å²) < 4.78 is 13.8. The Kier molecular flexibility index (Phi) is 4.89. The van der Waals surface area contributed by atoms with Crippen LogP contribution in [0.3, 0.4) is 0 Å². The lowest BCUT2D eigenvalue weighted by molar-refractivity contribution is -0.151. The van der Waals surface area contributed by atoms with E-state index in [2.05, 4.69) is 0 Å². The molecule has 0 fully saturated rings. The standard InChI is InChI=1S/C13H15ClFNO3/c1-7(2)16(8(3)17)12(13(18)19)10-6-9(14)4-5-11(10)15/h4-7,12H,1-3H3,(H,18,19). The SMILES string of the molecule is CC(=O)N(C(C)C)C(C(=O)O)c1cc(Cl)ccc1F. The highest BCUT2D eigenvalue weighted by Crippen LogP contribution is 2.28. The van der Waals surface area contributed by atoms with Crippen LogP contribution in [-0.2, 0) is 9.59 Å². The molecule has 4 nitrogen and oxygen atoms in total. The average Bonchev–Trinajstić information content (AvgIpc) is 2.27. The Morgan fingerprint density at radius 2 is 1.95 bits per heavy atom. The molecule has 0 aliphatic heterocycles. The molecule has 0 heterocycles. The monoisotopic (exact) mass is 287 g/mol. The number of carbonyl (C=O) groups is 2. The predicted octanol–water partition coefficient (Wildman–Crippen LogP) is 2.86. The smallest absolute Gasteiger partial charge is 0.331 e. The van der Waals surface area contributed by atoms with Gasteiger partial charge in [0.25, 0.3) is 0 Å². The van der Waals surface area contributed by atoms with Gasteiger partial charge in [-0.1, -0.05) is 11.6 Å². The zero-order valence-corrected chi connectivity index (χ0v) is 11.6. The molecular weight excluding hydrogens is 273 g/mol. The summed E-state index contributed by atoms with van der Waals surface area (Å²) in [5.41, 5.74) is -0.121. The third-order valence-corrected chi connectivity index (χ3v) is 2.92. The van der Waals surface area contributed by atoms with Gasteiger partial charge < -0.3 is 10.0 Å². The van der Waals surface area contributed by atoms with Crippen molar-refractivity contribution in [1.82, 2.24) is 4.90 Å². The minimum atomic E-state index is -1.39. The minimum Gasteiger partial charge on any atom is -0.479 e. The Balaban J connectivity index is 3.38. The van der Waals surface area contributed by atoms with Crippen LogP contribution >= 0.6 is 11.6 Å². The Bertz CT molecular complexity index is 505. The normalized spacial score (nSPS) is 12.3. The number of aliphatic carboxylic acids is 1. The van der Waals surface area contributed by atoms with Gasteiger partial charge >= 0.3 is 5.97 Å². The summed E-state index contributed by atoms with van der Waals surface area (Å²) in [4.78, 5) is 24.1. The van der Waals surface area contributed by atoms with Crippen LogP contribution in [0.4, 0.5) is 4.39 Å². The second-order valence-electron chi connectivity index (χ2n) is 4.43. The molecule has 19 heavy (non-hydrogen) atoms. The Hall–Kier alpha value is -1.62. The Morgan fingerprint density at radius 1 is 1.37 bits per heavy atom. The molecule has 104 valence electrons. The summed E-state index contributed by atoms with van der Waals surface area (Å²) in [6.45, 7) is 4.58. The van der Waals surface area contributed by atoms with Crippen LogP contribution in [-0.4, -0.2) is 27.9 Å². The Labute approximate surface area is 115 Å². The molecule has 0 bridgehead atoms. The zero-order valence-electron chi connectivity index (χ0n) is 10.9. The minimum absolute atomic E-state index is 0.121. The first kappa shape index (κ1) is 15.4. The number of rotatable bonds is 4. The van der Waals surface area contributed by atoms with Crippen LogP contribution in [0, 0.1) is 5.82 Å². The lowest BCUT2D eigenvalue weighted by atomic mass is 10.0. The zero-order chi connectivity index (χ0) is 14.7. The van der Waals surface area contributed by atoms with Crippen molar-refractivity contribution in [3.63, 3.8) is 0 Å². The lowest BCUT2D eigenvalue weighted by Gasteiger charge is -2.32. The summed E-state index contributed by atoms with van der Waals surface area (Å²) >= 11 is 5.77. The fraction of sp³-hybridized carbons (Fsp3) is 0.385. The number of carbonyl (C=O) groups excluding carboxylic acids is 1. The first-order chi connectivity index (χ1) is 8.75. The topological polar surface area (TPSA) is 57.6 Å². The summed E-state index contributed by atoms with van der Waals surface area (Å²) in [6.07, 6.45) is 0. The maximum Gasteiger partial charge on any atom is 0.331 e. The van der Waals surface area contributed by atoms with Crippen molar-refractivity contribution in [2.24, 2.45) is 0 Å². The first-order valence-corrected chi connectivity index (χ1v) is 6.10. The molecule has 1 amide bonds. The van der Waals surface area contributed by atoms with Gasteiger partial charge in [-0.25, -0.2) is 9.18 Å². The maximum atomic E-state index is 13.8. The number of hydrogen-bond acceptors (Lipinski definition) is 2. The molecule has 1 rings (SSSR count). The number of hydrogen-bond donors (Lipinski definition) is 1. The average molecular weight is 288 g/mol. The molecule has 0 saturated carbocycles. The number of nitrogens with zero attached hydrogens (tertiary/aromatic N) is 1. The fourth-order valence-corrected chi connectivity index (χ4v) is 2.15. The summed E-state index contributed by atoms with van der Waals surface area (Å²) in [6, 6.07) is 1.88. The summed E-state index contributed by atoms with van der Waals surface area (Å²) in [5, 5.41) is 9.52. The van der Waals surface area contributed by atoms with Gasteiger partial charge in [-0.2, -0.15) is 0 Å². The summed E-state index contributed by atoms with van der Waals surface area (Å²) in [7, 11) is 0. The van der Waals surface area contributed by atoms with Crippen LogP contribution < -0.4 is 0 Å². The third-order valence-electron chi connectivity index (χ3n) is 2.68. The highest BCUT2D eigenvalue weighted by atomic mass is 35.5. The first-order valence-electron chi connectivity index (χ1n) is 5.72. The van der Waals surface area contributed by atoms with E-state index in [9.17, 15) is 19.1 Å². The van der Waals surface area contributed by atoms with Gasteiger partial charge in [0.1, 0.15) is 5.82 Å². The number of amides is 1. The molecule has 1 unspecified atom stereocenters. The molecule has 0 radical (unpaired) electrons. The van der Waals surface area contributed by atoms with E-state index in [4.69, 9.17) is 11.6 Å². The molecule has 1 atom stereocenters. The van der Waals surface area contributed by atoms with E-state index >= 15 is 0 Å². The largest absolute Gasteiger partial charge is 0.479 e. The predicted molar refractivity (Wildman–Crippen MR) is 69.4 cm³/mol. The molecular formula is C13H15ClFNO3. The number of benzene rings is 1. The van der Waals surface area contributed by atoms with Crippen LogP contribution in [0.25, 0.3) is 0 Å².